The topological polar surface area (TPSA) is 61.8 Å². The molecule has 24 heavy (non-hydrogen) atoms. The van der Waals surface area contributed by atoms with Crippen LogP contribution in [0.1, 0.15) is 25.0 Å². The van der Waals surface area contributed by atoms with Gasteiger partial charge < -0.3 is 14.2 Å². The zero-order chi connectivity index (χ0) is 17.1. The number of ether oxygens (including phenoxy) is 3. The Bertz CT molecular complexity index is 818. The maximum absolute atomic E-state index is 11.0. The van der Waals surface area contributed by atoms with Gasteiger partial charge in [-0.25, -0.2) is 0 Å². The van der Waals surface area contributed by atoms with Gasteiger partial charge in [0, 0.05) is 26.3 Å². The fourth-order valence-corrected chi connectivity index (χ4v) is 2.47. The normalized spacial score (nSPS) is 12.5. The molecular formula is C19H16O5. The van der Waals surface area contributed by atoms with E-state index in [1.54, 1.807) is 30.5 Å². The molecule has 0 radical (unpaired) electrons. The molecule has 122 valence electrons. The minimum atomic E-state index is -0.366. The summed E-state index contributed by atoms with van der Waals surface area (Å²) >= 11 is 0. The van der Waals surface area contributed by atoms with Gasteiger partial charge in [0.25, 0.3) is 0 Å². The largest absolute Gasteiger partial charge is 0.464 e. The van der Waals surface area contributed by atoms with Crippen molar-refractivity contribution in [3.8, 4) is 17.2 Å². The van der Waals surface area contributed by atoms with E-state index in [-0.39, 0.29) is 11.9 Å². The summed E-state index contributed by atoms with van der Waals surface area (Å²) in [5.41, 5.74) is 3.00. The van der Waals surface area contributed by atoms with E-state index in [0.717, 1.165) is 16.7 Å². The SMILES string of the molecule is CC(=O)Oc1ccc(C2=COc3cc(OC(C)=O)ccc3C2)cc1. The Hall–Kier alpha value is -3.08. The number of benzene rings is 2. The quantitative estimate of drug-likeness (QED) is 0.638. The first-order valence-corrected chi connectivity index (χ1v) is 7.47. The molecule has 0 atom stereocenters. The van der Waals surface area contributed by atoms with E-state index >= 15 is 0 Å². The minimum absolute atomic E-state index is 0.347. The van der Waals surface area contributed by atoms with E-state index in [1.165, 1.54) is 13.8 Å². The lowest BCUT2D eigenvalue weighted by Crippen LogP contribution is -2.05. The van der Waals surface area contributed by atoms with E-state index < -0.39 is 0 Å². The molecule has 5 heteroatoms. The molecule has 0 unspecified atom stereocenters. The zero-order valence-corrected chi connectivity index (χ0v) is 13.4. The number of fused-ring (bicyclic) bond motifs is 1. The zero-order valence-electron chi connectivity index (χ0n) is 13.4. The van der Waals surface area contributed by atoms with E-state index in [1.807, 2.05) is 18.2 Å². The summed E-state index contributed by atoms with van der Waals surface area (Å²) in [7, 11) is 0. The molecule has 2 aromatic rings. The highest BCUT2D eigenvalue weighted by Gasteiger charge is 2.15. The molecule has 0 saturated heterocycles. The van der Waals surface area contributed by atoms with Crippen LogP contribution < -0.4 is 14.2 Å². The van der Waals surface area contributed by atoms with Crippen molar-refractivity contribution < 1.29 is 23.8 Å². The molecule has 0 bridgehead atoms. The first-order chi connectivity index (χ1) is 11.5. The number of hydrogen-bond acceptors (Lipinski definition) is 5. The summed E-state index contributed by atoms with van der Waals surface area (Å²) in [5, 5.41) is 0. The molecule has 5 nitrogen and oxygen atoms in total. The second kappa shape index (κ2) is 6.58. The standard InChI is InChI=1S/C19H16O5/c1-12(20)23-17-6-3-14(4-7-17)16-9-15-5-8-18(24-13(2)21)10-19(15)22-11-16/h3-8,10-11H,9H2,1-2H3. The summed E-state index contributed by atoms with van der Waals surface area (Å²) in [4.78, 5) is 22.0. The summed E-state index contributed by atoms with van der Waals surface area (Å²) in [6, 6.07) is 12.6. The van der Waals surface area contributed by atoms with Crippen molar-refractivity contribution in [3.05, 3.63) is 59.9 Å². The number of hydrogen-bond donors (Lipinski definition) is 0. The molecule has 1 heterocycles. The summed E-state index contributed by atoms with van der Waals surface area (Å²) in [5.74, 6) is 0.934. The van der Waals surface area contributed by atoms with Gasteiger partial charge in [-0.3, -0.25) is 9.59 Å². The van der Waals surface area contributed by atoms with E-state index in [0.29, 0.717) is 23.7 Å². The van der Waals surface area contributed by atoms with Gasteiger partial charge in [0.05, 0.1) is 6.26 Å². The van der Waals surface area contributed by atoms with Crippen LogP contribution >= 0.6 is 0 Å². The molecule has 1 aliphatic rings. The molecule has 0 fully saturated rings. The second-order valence-electron chi connectivity index (χ2n) is 5.42. The molecular weight excluding hydrogens is 308 g/mol. The Kier molecular flexibility index (Phi) is 4.33. The van der Waals surface area contributed by atoms with Crippen LogP contribution in [-0.2, 0) is 16.0 Å². The summed E-state index contributed by atoms with van der Waals surface area (Å²) in [6.07, 6.45) is 2.38. The van der Waals surface area contributed by atoms with Crippen molar-refractivity contribution in [2.75, 3.05) is 0 Å². The molecule has 0 spiro atoms. The van der Waals surface area contributed by atoms with Crippen LogP contribution in [0.3, 0.4) is 0 Å². The molecule has 0 aliphatic carbocycles. The highest BCUT2D eigenvalue weighted by Crippen LogP contribution is 2.34. The Morgan fingerprint density at radius 3 is 2.21 bits per heavy atom. The number of rotatable bonds is 3. The summed E-state index contributed by atoms with van der Waals surface area (Å²) in [6.45, 7) is 2.73. The van der Waals surface area contributed by atoms with Crippen molar-refractivity contribution in [2.24, 2.45) is 0 Å². The van der Waals surface area contributed by atoms with Crippen LogP contribution in [-0.4, -0.2) is 11.9 Å². The van der Waals surface area contributed by atoms with E-state index in [2.05, 4.69) is 0 Å². The first kappa shape index (κ1) is 15.8. The Morgan fingerprint density at radius 2 is 1.54 bits per heavy atom. The molecule has 0 aromatic heterocycles. The van der Waals surface area contributed by atoms with Gasteiger partial charge in [-0.2, -0.15) is 0 Å². The fraction of sp³-hybridized carbons (Fsp3) is 0.158. The lowest BCUT2D eigenvalue weighted by molar-refractivity contribution is -0.132. The first-order valence-electron chi connectivity index (χ1n) is 7.47. The third-order valence-corrected chi connectivity index (χ3v) is 3.50. The van der Waals surface area contributed by atoms with Crippen LogP contribution in [0.5, 0.6) is 17.2 Å². The molecule has 1 aliphatic heterocycles. The van der Waals surface area contributed by atoms with Gasteiger partial charge >= 0.3 is 11.9 Å². The number of carbonyl (C=O) groups is 2. The van der Waals surface area contributed by atoms with Crippen LogP contribution in [0.4, 0.5) is 0 Å². The lowest BCUT2D eigenvalue weighted by atomic mass is 9.97. The Labute approximate surface area is 139 Å². The maximum atomic E-state index is 11.0. The predicted molar refractivity (Wildman–Crippen MR) is 87.8 cm³/mol. The third-order valence-electron chi connectivity index (χ3n) is 3.50. The van der Waals surface area contributed by atoms with Gasteiger partial charge in [-0.15, -0.1) is 0 Å². The Balaban J connectivity index is 1.76. The van der Waals surface area contributed by atoms with Crippen molar-refractivity contribution in [3.63, 3.8) is 0 Å². The Morgan fingerprint density at radius 1 is 0.917 bits per heavy atom. The van der Waals surface area contributed by atoms with Gasteiger partial charge in [0.2, 0.25) is 0 Å². The monoisotopic (exact) mass is 324 g/mol. The van der Waals surface area contributed by atoms with Crippen molar-refractivity contribution in [1.82, 2.24) is 0 Å². The average Bonchev–Trinajstić information content (AvgIpc) is 2.54. The molecule has 2 aromatic carbocycles. The number of allylic oxidation sites excluding steroid dienone is 1. The molecule has 0 saturated carbocycles. The van der Waals surface area contributed by atoms with Crippen molar-refractivity contribution in [1.29, 1.82) is 0 Å². The highest BCUT2D eigenvalue weighted by atomic mass is 16.5. The third kappa shape index (κ3) is 3.63. The van der Waals surface area contributed by atoms with Crippen LogP contribution in [0.25, 0.3) is 5.57 Å². The average molecular weight is 324 g/mol. The van der Waals surface area contributed by atoms with Crippen LogP contribution in [0.2, 0.25) is 0 Å². The van der Waals surface area contributed by atoms with E-state index in [4.69, 9.17) is 14.2 Å². The van der Waals surface area contributed by atoms with Crippen molar-refractivity contribution in [2.45, 2.75) is 20.3 Å². The van der Waals surface area contributed by atoms with Crippen LogP contribution in [0.15, 0.2) is 48.7 Å². The molecule has 3 rings (SSSR count). The molecule has 0 N–H and O–H groups in total. The summed E-state index contributed by atoms with van der Waals surface area (Å²) < 4.78 is 15.8. The fourth-order valence-electron chi connectivity index (χ4n) is 2.47. The smallest absolute Gasteiger partial charge is 0.308 e. The van der Waals surface area contributed by atoms with Gasteiger partial charge in [-0.05, 0) is 34.9 Å². The second-order valence-corrected chi connectivity index (χ2v) is 5.42. The number of carbonyl (C=O) groups excluding carboxylic acids is 2. The number of esters is 2. The van der Waals surface area contributed by atoms with Gasteiger partial charge in [0.15, 0.2) is 0 Å². The van der Waals surface area contributed by atoms with Crippen LogP contribution in [0, 0.1) is 0 Å². The van der Waals surface area contributed by atoms with Gasteiger partial charge in [-0.1, -0.05) is 18.2 Å². The highest BCUT2D eigenvalue weighted by molar-refractivity contribution is 5.73. The predicted octanol–water partition coefficient (Wildman–Crippen LogP) is 3.51. The molecule has 0 amide bonds. The minimum Gasteiger partial charge on any atom is -0.464 e. The van der Waals surface area contributed by atoms with Gasteiger partial charge in [0.1, 0.15) is 17.2 Å². The van der Waals surface area contributed by atoms with E-state index in [9.17, 15) is 9.59 Å². The maximum Gasteiger partial charge on any atom is 0.308 e. The lowest BCUT2D eigenvalue weighted by Gasteiger charge is -2.18. The van der Waals surface area contributed by atoms with Crippen molar-refractivity contribution >= 4 is 17.5 Å².